The predicted octanol–water partition coefficient (Wildman–Crippen LogP) is 4.73. The third kappa shape index (κ3) is 4.71. The number of aromatic nitrogens is 3. The van der Waals surface area contributed by atoms with Crippen molar-refractivity contribution < 1.29 is 4.74 Å². The number of nitrogens with one attached hydrogen (secondary N) is 1. The van der Waals surface area contributed by atoms with Gasteiger partial charge in [0.05, 0.1) is 5.69 Å². The Balaban J connectivity index is 1.39. The normalized spacial score (nSPS) is 10.4. The number of pyridine rings is 1. The highest BCUT2D eigenvalue weighted by Gasteiger charge is 2.04. The molecule has 2 aromatic carbocycles. The lowest BCUT2D eigenvalue weighted by atomic mass is 10.2. The second kappa shape index (κ2) is 8.77. The first kappa shape index (κ1) is 17.7. The summed E-state index contributed by atoms with van der Waals surface area (Å²) in [6.45, 7) is 1.20. The third-order valence-electron chi connectivity index (χ3n) is 4.25. The van der Waals surface area contributed by atoms with E-state index in [9.17, 15) is 0 Å². The molecule has 4 aromatic rings. The molecule has 0 atom stereocenters. The molecule has 4 rings (SSSR count). The second-order valence-corrected chi connectivity index (χ2v) is 6.29. The Labute approximate surface area is 164 Å². The first-order valence-corrected chi connectivity index (χ1v) is 9.10. The Hall–Kier alpha value is -3.73. The minimum absolute atomic E-state index is 0.494. The summed E-state index contributed by atoms with van der Waals surface area (Å²) in [6.07, 6.45) is 3.33. The summed E-state index contributed by atoms with van der Waals surface area (Å²) in [5.41, 5.74) is 4.03. The lowest BCUT2D eigenvalue weighted by molar-refractivity contribution is 0.294. The summed E-state index contributed by atoms with van der Waals surface area (Å²) in [5, 5.41) is 3.32. The van der Waals surface area contributed by atoms with Crippen molar-refractivity contribution in [2.45, 2.75) is 13.2 Å². The summed E-state index contributed by atoms with van der Waals surface area (Å²) in [5.74, 6) is 1.36. The maximum atomic E-state index is 5.74. The van der Waals surface area contributed by atoms with Gasteiger partial charge in [-0.1, -0.05) is 60.7 Å². The van der Waals surface area contributed by atoms with Gasteiger partial charge in [0.1, 0.15) is 18.8 Å². The topological polar surface area (TPSA) is 59.9 Å². The van der Waals surface area contributed by atoms with Crippen molar-refractivity contribution in [1.29, 1.82) is 0 Å². The summed E-state index contributed by atoms with van der Waals surface area (Å²) >= 11 is 0. The molecule has 0 aliphatic heterocycles. The first-order valence-electron chi connectivity index (χ1n) is 9.10. The minimum Gasteiger partial charge on any atom is -0.473 e. The maximum Gasteiger partial charge on any atom is 0.213 e. The van der Waals surface area contributed by atoms with Crippen molar-refractivity contribution >= 4 is 5.82 Å². The molecular weight excluding hydrogens is 348 g/mol. The molecule has 0 aliphatic rings. The molecular formula is C23H20N4O. The van der Waals surface area contributed by atoms with E-state index in [0.29, 0.717) is 19.0 Å². The SMILES string of the molecule is c1ccc(CNc2cc(-c3ccc(OCc4ccccc4)nc3)ncn2)cc1. The lowest BCUT2D eigenvalue weighted by Crippen LogP contribution is -2.02. The quantitative estimate of drug-likeness (QED) is 0.511. The van der Waals surface area contributed by atoms with Crippen LogP contribution in [0, 0.1) is 0 Å². The monoisotopic (exact) mass is 368 g/mol. The first-order chi connectivity index (χ1) is 13.9. The molecule has 5 nitrogen and oxygen atoms in total. The smallest absolute Gasteiger partial charge is 0.213 e. The van der Waals surface area contributed by atoms with E-state index in [1.807, 2.05) is 66.7 Å². The van der Waals surface area contributed by atoms with Gasteiger partial charge in [-0.3, -0.25) is 0 Å². The van der Waals surface area contributed by atoms with E-state index in [2.05, 4.69) is 32.4 Å². The van der Waals surface area contributed by atoms with Crippen LogP contribution in [0.5, 0.6) is 5.88 Å². The second-order valence-electron chi connectivity index (χ2n) is 6.29. The van der Waals surface area contributed by atoms with Crippen LogP contribution in [-0.2, 0) is 13.2 Å². The van der Waals surface area contributed by atoms with Crippen LogP contribution in [0.2, 0.25) is 0 Å². The molecule has 5 heteroatoms. The third-order valence-corrected chi connectivity index (χ3v) is 4.25. The average molecular weight is 368 g/mol. The van der Waals surface area contributed by atoms with Gasteiger partial charge in [0, 0.05) is 30.4 Å². The van der Waals surface area contributed by atoms with Crippen molar-refractivity contribution in [3.63, 3.8) is 0 Å². The standard InChI is InChI=1S/C23H20N4O/c1-3-7-18(8-4-1)14-24-22-13-21(26-17-27-22)20-11-12-23(25-15-20)28-16-19-9-5-2-6-10-19/h1-13,15,17H,14,16H2,(H,24,26,27). The summed E-state index contributed by atoms with van der Waals surface area (Å²) in [4.78, 5) is 13.0. The Morgan fingerprint density at radius 1 is 0.750 bits per heavy atom. The van der Waals surface area contributed by atoms with E-state index in [0.717, 1.165) is 22.6 Å². The minimum atomic E-state index is 0.494. The van der Waals surface area contributed by atoms with E-state index >= 15 is 0 Å². The van der Waals surface area contributed by atoms with Gasteiger partial charge in [0.15, 0.2) is 0 Å². The van der Waals surface area contributed by atoms with Gasteiger partial charge in [0.25, 0.3) is 0 Å². The summed E-state index contributed by atoms with van der Waals surface area (Å²) < 4.78 is 5.74. The molecule has 0 fully saturated rings. The number of benzene rings is 2. The molecule has 28 heavy (non-hydrogen) atoms. The molecule has 1 N–H and O–H groups in total. The number of anilines is 1. The molecule has 0 saturated heterocycles. The summed E-state index contributed by atoms with van der Waals surface area (Å²) in [6, 6.07) is 26.0. The number of hydrogen-bond acceptors (Lipinski definition) is 5. The fourth-order valence-corrected chi connectivity index (χ4v) is 2.75. The van der Waals surface area contributed by atoms with Gasteiger partial charge < -0.3 is 10.1 Å². The van der Waals surface area contributed by atoms with E-state index in [4.69, 9.17) is 4.74 Å². The predicted molar refractivity (Wildman–Crippen MR) is 110 cm³/mol. The molecule has 138 valence electrons. The lowest BCUT2D eigenvalue weighted by Gasteiger charge is -2.08. The van der Waals surface area contributed by atoms with Crippen LogP contribution >= 0.6 is 0 Å². The van der Waals surface area contributed by atoms with Crippen molar-refractivity contribution in [3.05, 3.63) is 103 Å². The van der Waals surface area contributed by atoms with Gasteiger partial charge in [-0.05, 0) is 17.2 Å². The fraction of sp³-hybridized carbons (Fsp3) is 0.0870. The van der Waals surface area contributed by atoms with Gasteiger partial charge in [-0.2, -0.15) is 0 Å². The van der Waals surface area contributed by atoms with Crippen LogP contribution in [-0.4, -0.2) is 15.0 Å². The van der Waals surface area contributed by atoms with Crippen LogP contribution in [0.25, 0.3) is 11.3 Å². The van der Waals surface area contributed by atoms with Gasteiger partial charge in [0.2, 0.25) is 5.88 Å². The van der Waals surface area contributed by atoms with Gasteiger partial charge in [-0.15, -0.1) is 0 Å². The van der Waals surface area contributed by atoms with E-state index in [1.165, 1.54) is 5.56 Å². The number of ether oxygens (including phenoxy) is 1. The highest BCUT2D eigenvalue weighted by molar-refractivity contribution is 5.61. The van der Waals surface area contributed by atoms with Crippen LogP contribution < -0.4 is 10.1 Å². The van der Waals surface area contributed by atoms with E-state index in [1.54, 1.807) is 12.5 Å². The molecule has 0 saturated carbocycles. The zero-order chi connectivity index (χ0) is 19.0. The number of hydrogen-bond donors (Lipinski definition) is 1. The molecule has 0 aliphatic carbocycles. The van der Waals surface area contributed by atoms with Crippen LogP contribution in [0.1, 0.15) is 11.1 Å². The number of rotatable bonds is 7. The molecule has 0 amide bonds. The van der Waals surface area contributed by atoms with Crippen molar-refractivity contribution in [3.8, 4) is 17.1 Å². The molecule has 0 spiro atoms. The zero-order valence-corrected chi connectivity index (χ0v) is 15.3. The van der Waals surface area contributed by atoms with Crippen molar-refractivity contribution in [1.82, 2.24) is 15.0 Å². The Kier molecular flexibility index (Phi) is 5.54. The Morgan fingerprint density at radius 3 is 2.21 bits per heavy atom. The van der Waals surface area contributed by atoms with Crippen molar-refractivity contribution in [2.75, 3.05) is 5.32 Å². The highest BCUT2D eigenvalue weighted by atomic mass is 16.5. The van der Waals surface area contributed by atoms with Gasteiger partial charge in [-0.25, -0.2) is 15.0 Å². The maximum absolute atomic E-state index is 5.74. The van der Waals surface area contributed by atoms with E-state index < -0.39 is 0 Å². The number of nitrogens with zero attached hydrogens (tertiary/aromatic N) is 3. The molecule has 2 aromatic heterocycles. The van der Waals surface area contributed by atoms with Crippen LogP contribution in [0.15, 0.2) is 91.4 Å². The zero-order valence-electron chi connectivity index (χ0n) is 15.3. The largest absolute Gasteiger partial charge is 0.473 e. The van der Waals surface area contributed by atoms with Crippen molar-refractivity contribution in [2.24, 2.45) is 0 Å². The molecule has 0 radical (unpaired) electrons. The average Bonchev–Trinajstić information content (AvgIpc) is 2.78. The molecule has 0 unspecified atom stereocenters. The van der Waals surface area contributed by atoms with E-state index in [-0.39, 0.29) is 0 Å². The van der Waals surface area contributed by atoms with Gasteiger partial charge >= 0.3 is 0 Å². The Bertz CT molecular complexity index is 1010. The van der Waals surface area contributed by atoms with Crippen LogP contribution in [0.3, 0.4) is 0 Å². The Morgan fingerprint density at radius 2 is 1.50 bits per heavy atom. The molecule has 0 bridgehead atoms. The highest BCUT2D eigenvalue weighted by Crippen LogP contribution is 2.20. The fourth-order valence-electron chi connectivity index (χ4n) is 2.75. The van der Waals surface area contributed by atoms with Crippen LogP contribution in [0.4, 0.5) is 5.82 Å². The summed E-state index contributed by atoms with van der Waals surface area (Å²) in [7, 11) is 0. The molecule has 2 heterocycles.